The molecule has 0 spiro atoms. The number of thioether (sulfide) groups is 1. The maximum absolute atomic E-state index is 13.4. The van der Waals surface area contributed by atoms with E-state index >= 15 is 0 Å². The van der Waals surface area contributed by atoms with E-state index in [0.29, 0.717) is 29.8 Å². The van der Waals surface area contributed by atoms with Crippen molar-refractivity contribution in [2.75, 3.05) is 17.3 Å². The number of halogens is 3. The molecule has 2 atom stereocenters. The van der Waals surface area contributed by atoms with Gasteiger partial charge < -0.3 is 15.5 Å². The summed E-state index contributed by atoms with van der Waals surface area (Å²) in [4.78, 5) is 13.3. The molecular formula is C22H22F3N5O2S. The third-order valence-corrected chi connectivity index (χ3v) is 6.33. The number of hydrogen-bond acceptors (Lipinski definition) is 6. The minimum atomic E-state index is -4.59. The molecule has 1 aromatic heterocycles. The van der Waals surface area contributed by atoms with Gasteiger partial charge in [-0.15, -0.1) is 10.2 Å². The summed E-state index contributed by atoms with van der Waals surface area (Å²) in [5.74, 6) is 0.800. The quantitative estimate of drug-likeness (QED) is 0.538. The number of hydrogen-bond donors (Lipinski definition) is 2. The van der Waals surface area contributed by atoms with Crippen LogP contribution in [0.3, 0.4) is 0 Å². The van der Waals surface area contributed by atoms with Crippen molar-refractivity contribution in [3.63, 3.8) is 0 Å². The number of carbonyl (C=O) groups is 1. The topological polar surface area (TPSA) is 81.1 Å². The lowest BCUT2D eigenvalue weighted by molar-refractivity contribution is -0.137. The molecule has 0 bridgehead atoms. The van der Waals surface area contributed by atoms with Gasteiger partial charge in [-0.3, -0.25) is 4.79 Å². The number of para-hydroxylation sites is 1. The van der Waals surface area contributed by atoms with Gasteiger partial charge in [-0.25, -0.2) is 4.68 Å². The van der Waals surface area contributed by atoms with Crippen LogP contribution in [0.2, 0.25) is 0 Å². The van der Waals surface area contributed by atoms with Crippen LogP contribution in [0, 0.1) is 0 Å². The Morgan fingerprint density at radius 2 is 1.88 bits per heavy atom. The van der Waals surface area contributed by atoms with Gasteiger partial charge in [0, 0.05) is 6.42 Å². The number of amides is 1. The zero-order valence-electron chi connectivity index (χ0n) is 17.9. The molecule has 0 saturated carbocycles. The van der Waals surface area contributed by atoms with E-state index < -0.39 is 28.9 Å². The number of nitrogens with zero attached hydrogens (tertiary/aromatic N) is 3. The SMILES string of the molecule is CCOc1ccc([C@@H]2Nn3c(CC)nnc3S[C@H]2C(=O)Nc2ccccc2C(F)(F)F)cc1. The van der Waals surface area contributed by atoms with Crippen LogP contribution >= 0.6 is 11.8 Å². The van der Waals surface area contributed by atoms with Crippen LogP contribution in [0.5, 0.6) is 5.75 Å². The summed E-state index contributed by atoms with van der Waals surface area (Å²) >= 11 is 1.15. The average Bonchev–Trinajstić information content (AvgIpc) is 3.21. The van der Waals surface area contributed by atoms with Gasteiger partial charge in [0.25, 0.3) is 0 Å². The first-order valence-electron chi connectivity index (χ1n) is 10.4. The summed E-state index contributed by atoms with van der Waals surface area (Å²) in [6.45, 7) is 4.33. The van der Waals surface area contributed by atoms with Crippen LogP contribution < -0.4 is 15.5 Å². The van der Waals surface area contributed by atoms with Gasteiger partial charge in [0.05, 0.1) is 23.9 Å². The Kier molecular flexibility index (Phi) is 6.50. The van der Waals surface area contributed by atoms with Crippen molar-refractivity contribution in [1.29, 1.82) is 0 Å². The highest BCUT2D eigenvalue weighted by molar-refractivity contribution is 8.00. The van der Waals surface area contributed by atoms with E-state index in [4.69, 9.17) is 4.74 Å². The van der Waals surface area contributed by atoms with E-state index in [2.05, 4.69) is 20.9 Å². The van der Waals surface area contributed by atoms with E-state index in [0.717, 1.165) is 23.4 Å². The first kappa shape index (κ1) is 23.0. The van der Waals surface area contributed by atoms with Gasteiger partial charge in [-0.2, -0.15) is 13.2 Å². The van der Waals surface area contributed by atoms with Crippen LogP contribution in [0.4, 0.5) is 18.9 Å². The molecule has 0 saturated heterocycles. The summed E-state index contributed by atoms with van der Waals surface area (Å²) < 4.78 is 47.5. The number of aryl methyl sites for hydroxylation is 1. The molecule has 11 heteroatoms. The molecule has 2 aromatic carbocycles. The first-order valence-corrected chi connectivity index (χ1v) is 11.3. The van der Waals surface area contributed by atoms with Crippen molar-refractivity contribution in [1.82, 2.24) is 14.9 Å². The summed E-state index contributed by atoms with van der Waals surface area (Å²) in [6.07, 6.45) is -3.97. The normalized spacial score (nSPS) is 17.7. The van der Waals surface area contributed by atoms with E-state index in [1.165, 1.54) is 18.2 Å². The molecule has 2 heterocycles. The molecule has 4 rings (SSSR count). The fraction of sp³-hybridized carbons (Fsp3) is 0.318. The van der Waals surface area contributed by atoms with E-state index in [1.807, 2.05) is 26.0 Å². The molecule has 0 radical (unpaired) electrons. The first-order chi connectivity index (χ1) is 15.8. The maximum atomic E-state index is 13.4. The zero-order valence-corrected chi connectivity index (χ0v) is 18.7. The van der Waals surface area contributed by atoms with Crippen molar-refractivity contribution in [2.45, 2.75) is 42.9 Å². The smallest absolute Gasteiger partial charge is 0.418 e. The molecule has 7 nitrogen and oxygen atoms in total. The monoisotopic (exact) mass is 477 g/mol. The number of anilines is 1. The zero-order chi connectivity index (χ0) is 23.6. The number of ether oxygens (including phenoxy) is 1. The Hall–Kier alpha value is -3.21. The lowest BCUT2D eigenvalue weighted by atomic mass is 10.0. The summed E-state index contributed by atoms with van der Waals surface area (Å²) in [5, 5.41) is 10.4. The fourth-order valence-corrected chi connectivity index (χ4v) is 4.66. The number of benzene rings is 2. The van der Waals surface area contributed by atoms with E-state index in [-0.39, 0.29) is 5.69 Å². The summed E-state index contributed by atoms with van der Waals surface area (Å²) in [5.41, 5.74) is 2.86. The standard InChI is InChI=1S/C22H22F3N5O2S/c1-3-17-27-28-21-30(17)29-18(13-9-11-14(12-10-13)32-4-2)19(33-21)20(31)26-16-8-6-5-7-15(16)22(23,24)25/h5-12,18-19,29H,3-4H2,1-2H3,(H,26,31)/t18-,19+/m0/s1. The fourth-order valence-electron chi connectivity index (χ4n) is 3.56. The number of alkyl halides is 3. The Balaban J connectivity index is 1.67. The number of fused-ring (bicyclic) bond motifs is 1. The van der Waals surface area contributed by atoms with Crippen molar-refractivity contribution >= 4 is 23.4 Å². The third-order valence-electron chi connectivity index (χ3n) is 5.12. The molecule has 1 aliphatic rings. The Morgan fingerprint density at radius 1 is 1.15 bits per heavy atom. The van der Waals surface area contributed by atoms with Crippen molar-refractivity contribution < 1.29 is 22.7 Å². The molecule has 0 aliphatic carbocycles. The number of carbonyl (C=O) groups excluding carboxylic acids is 1. The summed E-state index contributed by atoms with van der Waals surface area (Å²) in [7, 11) is 0. The molecule has 174 valence electrons. The van der Waals surface area contributed by atoms with Crippen LogP contribution in [-0.4, -0.2) is 32.6 Å². The highest BCUT2D eigenvalue weighted by Gasteiger charge is 2.39. The van der Waals surface area contributed by atoms with Crippen molar-refractivity contribution in [2.24, 2.45) is 0 Å². The minimum absolute atomic E-state index is 0.290. The van der Waals surface area contributed by atoms with Gasteiger partial charge in [-0.1, -0.05) is 43.0 Å². The maximum Gasteiger partial charge on any atom is 0.418 e. The second-order valence-corrected chi connectivity index (χ2v) is 8.38. The van der Waals surface area contributed by atoms with Gasteiger partial charge in [-0.05, 0) is 36.8 Å². The predicted molar refractivity (Wildman–Crippen MR) is 119 cm³/mol. The number of rotatable bonds is 6. The lowest BCUT2D eigenvalue weighted by Crippen LogP contribution is -2.41. The van der Waals surface area contributed by atoms with E-state index in [1.54, 1.807) is 16.8 Å². The molecule has 3 aromatic rings. The molecular weight excluding hydrogens is 455 g/mol. The van der Waals surface area contributed by atoms with Gasteiger partial charge in [0.1, 0.15) is 11.0 Å². The van der Waals surface area contributed by atoms with Gasteiger partial charge in [0.2, 0.25) is 11.1 Å². The molecule has 1 amide bonds. The molecule has 0 unspecified atom stereocenters. The Labute approximate surface area is 192 Å². The predicted octanol–water partition coefficient (Wildman–Crippen LogP) is 4.66. The second kappa shape index (κ2) is 9.34. The number of aromatic nitrogens is 3. The lowest BCUT2D eigenvalue weighted by Gasteiger charge is -2.33. The van der Waals surface area contributed by atoms with Gasteiger partial charge >= 0.3 is 6.18 Å². The largest absolute Gasteiger partial charge is 0.494 e. The van der Waals surface area contributed by atoms with Crippen molar-refractivity contribution in [3.05, 3.63) is 65.5 Å². The second-order valence-electron chi connectivity index (χ2n) is 7.27. The van der Waals surface area contributed by atoms with Crippen LogP contribution in [0.15, 0.2) is 53.7 Å². The number of nitrogens with one attached hydrogen (secondary N) is 2. The highest BCUT2D eigenvalue weighted by Crippen LogP contribution is 2.39. The van der Waals surface area contributed by atoms with Crippen LogP contribution in [0.1, 0.15) is 36.8 Å². The van der Waals surface area contributed by atoms with E-state index in [9.17, 15) is 18.0 Å². The molecule has 2 N–H and O–H groups in total. The van der Waals surface area contributed by atoms with Crippen molar-refractivity contribution in [3.8, 4) is 5.75 Å². The summed E-state index contributed by atoms with van der Waals surface area (Å²) in [6, 6.07) is 11.6. The molecule has 33 heavy (non-hydrogen) atoms. The Bertz CT molecular complexity index is 1130. The highest BCUT2D eigenvalue weighted by atomic mass is 32.2. The average molecular weight is 478 g/mol. The molecule has 1 aliphatic heterocycles. The van der Waals surface area contributed by atoms with Crippen LogP contribution in [-0.2, 0) is 17.4 Å². The molecule has 0 fully saturated rings. The minimum Gasteiger partial charge on any atom is -0.494 e. The third kappa shape index (κ3) is 4.77. The Morgan fingerprint density at radius 3 is 2.55 bits per heavy atom. The van der Waals surface area contributed by atoms with Crippen LogP contribution in [0.25, 0.3) is 0 Å². The van der Waals surface area contributed by atoms with Gasteiger partial charge in [0.15, 0.2) is 5.82 Å².